The smallest absolute Gasteiger partial charge is 0.155 e. The first kappa shape index (κ1) is 14.2. The summed E-state index contributed by atoms with van der Waals surface area (Å²) >= 11 is 0. The lowest BCUT2D eigenvalue weighted by molar-refractivity contribution is -0.114. The quantitative estimate of drug-likeness (QED) is 0.601. The van der Waals surface area contributed by atoms with Gasteiger partial charge in [-0.15, -0.1) is 0 Å². The summed E-state index contributed by atoms with van der Waals surface area (Å²) in [5, 5.41) is 3.48. The van der Waals surface area contributed by atoms with E-state index in [9.17, 15) is 4.79 Å². The molecule has 2 atom stereocenters. The standard InChI is InChI=1S/C13H19NO.C2H6/c1-3-11(15)5-7-12-9(2)14-8-10-4-6-13(10)12;1-2/h5,7,9,12,14H,3-4,6,8H2,1-2H3;1-2H3/b7-5-;/t9-,12?;/m0./s1. The highest BCUT2D eigenvalue weighted by atomic mass is 16.1. The number of allylic oxidation sites excluding steroid dienone is 1. The highest BCUT2D eigenvalue weighted by Crippen LogP contribution is 2.38. The van der Waals surface area contributed by atoms with E-state index in [0.29, 0.717) is 18.4 Å². The molecule has 0 saturated heterocycles. The van der Waals surface area contributed by atoms with Gasteiger partial charge in [0.2, 0.25) is 0 Å². The van der Waals surface area contributed by atoms with E-state index in [-0.39, 0.29) is 5.78 Å². The molecule has 2 heteroatoms. The van der Waals surface area contributed by atoms with Gasteiger partial charge >= 0.3 is 0 Å². The van der Waals surface area contributed by atoms with Crippen LogP contribution in [0.25, 0.3) is 0 Å². The Morgan fingerprint density at radius 3 is 2.65 bits per heavy atom. The van der Waals surface area contributed by atoms with Gasteiger partial charge in [0, 0.05) is 24.9 Å². The van der Waals surface area contributed by atoms with Crippen LogP contribution in [-0.2, 0) is 4.79 Å². The minimum absolute atomic E-state index is 0.231. The Morgan fingerprint density at radius 2 is 2.12 bits per heavy atom. The molecule has 17 heavy (non-hydrogen) atoms. The highest BCUT2D eigenvalue weighted by Gasteiger charge is 2.31. The molecule has 0 bridgehead atoms. The van der Waals surface area contributed by atoms with Crippen LogP contribution in [0, 0.1) is 5.92 Å². The van der Waals surface area contributed by atoms with Gasteiger partial charge < -0.3 is 5.32 Å². The Morgan fingerprint density at radius 1 is 1.41 bits per heavy atom. The molecule has 1 aliphatic carbocycles. The molecule has 1 N–H and O–H groups in total. The van der Waals surface area contributed by atoms with E-state index in [1.54, 1.807) is 17.2 Å². The predicted molar refractivity (Wildman–Crippen MR) is 73.0 cm³/mol. The van der Waals surface area contributed by atoms with Crippen LogP contribution in [0.3, 0.4) is 0 Å². The van der Waals surface area contributed by atoms with Crippen molar-refractivity contribution in [1.82, 2.24) is 5.32 Å². The molecule has 1 aliphatic heterocycles. The van der Waals surface area contributed by atoms with Crippen LogP contribution >= 0.6 is 0 Å². The normalized spacial score (nSPS) is 27.1. The number of hydrogen-bond donors (Lipinski definition) is 1. The first-order valence-electron chi connectivity index (χ1n) is 6.87. The van der Waals surface area contributed by atoms with Crippen LogP contribution in [0.15, 0.2) is 23.3 Å². The third kappa shape index (κ3) is 3.29. The molecule has 2 nitrogen and oxygen atoms in total. The maximum atomic E-state index is 11.2. The van der Waals surface area contributed by atoms with Crippen LogP contribution in [-0.4, -0.2) is 18.4 Å². The molecule has 2 aliphatic rings. The summed E-state index contributed by atoms with van der Waals surface area (Å²) in [4.78, 5) is 11.2. The second-order valence-electron chi connectivity index (χ2n) is 4.50. The van der Waals surface area contributed by atoms with Gasteiger partial charge in [-0.1, -0.05) is 38.0 Å². The molecule has 0 radical (unpaired) electrons. The van der Waals surface area contributed by atoms with Gasteiger partial charge in [0.05, 0.1) is 0 Å². The van der Waals surface area contributed by atoms with Crippen molar-refractivity contribution in [3.05, 3.63) is 23.3 Å². The van der Waals surface area contributed by atoms with Crippen molar-refractivity contribution in [1.29, 1.82) is 0 Å². The third-order valence-corrected chi connectivity index (χ3v) is 3.57. The molecule has 1 heterocycles. The Bertz CT molecular complexity index is 328. The number of nitrogens with one attached hydrogen (secondary N) is 1. The first-order valence-corrected chi connectivity index (χ1v) is 6.87. The minimum atomic E-state index is 0.231. The minimum Gasteiger partial charge on any atom is -0.310 e. The molecule has 1 unspecified atom stereocenters. The zero-order chi connectivity index (χ0) is 12.8. The third-order valence-electron chi connectivity index (χ3n) is 3.57. The van der Waals surface area contributed by atoms with Crippen molar-refractivity contribution in [3.8, 4) is 0 Å². The number of rotatable bonds is 3. The highest BCUT2D eigenvalue weighted by molar-refractivity contribution is 5.89. The number of hydrogen-bond acceptors (Lipinski definition) is 2. The molecular formula is C15H25NO. The summed E-state index contributed by atoms with van der Waals surface area (Å²) < 4.78 is 0. The topological polar surface area (TPSA) is 29.1 Å². The van der Waals surface area contributed by atoms with Gasteiger partial charge in [-0.3, -0.25) is 4.79 Å². The van der Waals surface area contributed by atoms with E-state index >= 15 is 0 Å². The van der Waals surface area contributed by atoms with Crippen LogP contribution in [0.4, 0.5) is 0 Å². The summed E-state index contributed by atoms with van der Waals surface area (Å²) in [5.74, 6) is 0.687. The van der Waals surface area contributed by atoms with E-state index < -0.39 is 0 Å². The zero-order valence-corrected chi connectivity index (χ0v) is 11.5. The summed E-state index contributed by atoms with van der Waals surface area (Å²) in [6.45, 7) is 9.17. The zero-order valence-electron chi connectivity index (χ0n) is 11.5. The first-order chi connectivity index (χ1) is 8.22. The van der Waals surface area contributed by atoms with E-state index in [0.717, 1.165) is 6.54 Å². The largest absolute Gasteiger partial charge is 0.310 e. The molecular weight excluding hydrogens is 210 g/mol. The van der Waals surface area contributed by atoms with Crippen molar-refractivity contribution in [2.75, 3.05) is 6.54 Å². The molecule has 96 valence electrons. The molecule has 0 spiro atoms. The van der Waals surface area contributed by atoms with Crippen molar-refractivity contribution < 1.29 is 4.79 Å². The lowest BCUT2D eigenvalue weighted by Gasteiger charge is -2.38. The lowest BCUT2D eigenvalue weighted by atomic mass is 9.74. The van der Waals surface area contributed by atoms with E-state index in [1.807, 2.05) is 20.8 Å². The van der Waals surface area contributed by atoms with Gasteiger partial charge in [0.1, 0.15) is 0 Å². The second-order valence-corrected chi connectivity index (χ2v) is 4.50. The summed E-state index contributed by atoms with van der Waals surface area (Å²) in [6, 6.07) is 0.477. The molecule has 0 saturated carbocycles. The van der Waals surface area contributed by atoms with Crippen LogP contribution in [0.2, 0.25) is 0 Å². The molecule has 0 amide bonds. The summed E-state index contributed by atoms with van der Waals surface area (Å²) in [6.07, 6.45) is 6.95. The van der Waals surface area contributed by atoms with Crippen molar-refractivity contribution >= 4 is 5.78 Å². The number of carbonyl (C=O) groups is 1. The fraction of sp³-hybridized carbons (Fsp3) is 0.667. The summed E-state index contributed by atoms with van der Waals surface area (Å²) in [7, 11) is 0. The Labute approximate surface area is 105 Å². The Kier molecular flexibility index (Phi) is 5.63. The monoisotopic (exact) mass is 235 g/mol. The maximum absolute atomic E-state index is 11.2. The average Bonchev–Trinajstić information content (AvgIpc) is 2.33. The van der Waals surface area contributed by atoms with Gasteiger partial charge in [-0.2, -0.15) is 0 Å². The average molecular weight is 235 g/mol. The van der Waals surface area contributed by atoms with Crippen LogP contribution in [0.1, 0.15) is 47.0 Å². The van der Waals surface area contributed by atoms with Crippen molar-refractivity contribution in [3.63, 3.8) is 0 Å². The second kappa shape index (κ2) is 6.75. The Hall–Kier alpha value is -0.890. The van der Waals surface area contributed by atoms with Crippen molar-refractivity contribution in [2.45, 2.75) is 53.0 Å². The lowest BCUT2D eigenvalue weighted by Crippen LogP contribution is -2.42. The molecule has 0 aromatic carbocycles. The molecule has 2 rings (SSSR count). The summed E-state index contributed by atoms with van der Waals surface area (Å²) in [5.41, 5.74) is 3.16. The molecule has 0 fully saturated rings. The number of ketones is 1. The van der Waals surface area contributed by atoms with Crippen molar-refractivity contribution in [2.24, 2.45) is 5.92 Å². The molecule has 0 aromatic heterocycles. The van der Waals surface area contributed by atoms with Gasteiger partial charge in [0.25, 0.3) is 0 Å². The maximum Gasteiger partial charge on any atom is 0.155 e. The van der Waals surface area contributed by atoms with Crippen LogP contribution in [0.5, 0.6) is 0 Å². The Balaban J connectivity index is 0.000000686. The van der Waals surface area contributed by atoms with Gasteiger partial charge in [0.15, 0.2) is 5.78 Å². The van der Waals surface area contributed by atoms with E-state index in [2.05, 4.69) is 18.3 Å². The molecule has 0 aromatic rings. The van der Waals surface area contributed by atoms with Gasteiger partial charge in [-0.25, -0.2) is 0 Å². The fourth-order valence-electron chi connectivity index (χ4n) is 2.37. The fourth-order valence-corrected chi connectivity index (χ4v) is 2.37. The van der Waals surface area contributed by atoms with Crippen LogP contribution < -0.4 is 5.32 Å². The van der Waals surface area contributed by atoms with Gasteiger partial charge in [-0.05, 0) is 25.8 Å². The SMILES string of the molecule is CC.CCC(=O)/C=C\C1C2=C(CC2)CN[C@H]1C. The van der Waals surface area contributed by atoms with E-state index in [1.165, 1.54) is 12.8 Å². The number of carbonyl (C=O) groups excluding carboxylic acids is 1. The predicted octanol–water partition coefficient (Wildman–Crippen LogP) is 3.25. The van der Waals surface area contributed by atoms with E-state index in [4.69, 9.17) is 0 Å².